The van der Waals surface area contributed by atoms with Gasteiger partial charge in [0, 0.05) is 51.4 Å². The van der Waals surface area contributed by atoms with Gasteiger partial charge in [-0.05, 0) is 31.0 Å². The van der Waals surface area contributed by atoms with E-state index in [0.717, 1.165) is 30.7 Å². The van der Waals surface area contributed by atoms with Gasteiger partial charge in [-0.2, -0.15) is 18.7 Å². The fraction of sp³-hybridized carbons (Fsp3) is 0.481. The Morgan fingerprint density at radius 1 is 1.14 bits per heavy atom. The molecule has 3 aliphatic rings. The number of pyridine rings is 1. The molecule has 3 saturated heterocycles. The number of nitrogens with zero attached hydrogens (tertiary/aromatic N) is 6. The summed E-state index contributed by atoms with van der Waals surface area (Å²) < 4.78 is 81.2. The molecule has 3 N–H and O–H groups in total. The second-order valence-electron chi connectivity index (χ2n) is 11.1. The van der Waals surface area contributed by atoms with Gasteiger partial charge in [0.05, 0.1) is 43.5 Å². The second kappa shape index (κ2) is 10.5. The van der Waals surface area contributed by atoms with Gasteiger partial charge in [-0.1, -0.05) is 11.3 Å². The third-order valence-electron chi connectivity index (χ3n) is 8.46. The quantitative estimate of drug-likeness (QED) is 0.227. The Kier molecular flexibility index (Phi) is 6.98. The Labute approximate surface area is 251 Å². The van der Waals surface area contributed by atoms with Crippen molar-refractivity contribution in [2.45, 2.75) is 36.4 Å². The molecule has 6 heterocycles. The van der Waals surface area contributed by atoms with Crippen molar-refractivity contribution in [3.05, 3.63) is 29.5 Å². The van der Waals surface area contributed by atoms with Crippen molar-refractivity contribution in [2.75, 3.05) is 56.5 Å². The number of nitrogen functional groups attached to an aromatic ring is 1. The van der Waals surface area contributed by atoms with E-state index in [-0.39, 0.29) is 38.9 Å². The minimum absolute atomic E-state index is 0.0653. The fourth-order valence-corrected chi connectivity index (χ4v) is 7.52. The first kappa shape index (κ1) is 28.6. The molecule has 4 aromatic rings. The number of hydrogen-bond acceptors (Lipinski definition) is 10. The van der Waals surface area contributed by atoms with E-state index >= 15 is 13.2 Å². The highest BCUT2D eigenvalue weighted by Gasteiger charge is 2.49. The van der Waals surface area contributed by atoms with Crippen LogP contribution in [0.1, 0.15) is 24.8 Å². The zero-order valence-electron chi connectivity index (χ0n) is 22.6. The Hall–Kier alpha value is -3.14. The Morgan fingerprint density at radius 3 is 2.70 bits per heavy atom. The highest BCUT2D eigenvalue weighted by atomic mass is 35.5. The van der Waals surface area contributed by atoms with Crippen molar-refractivity contribution in [1.29, 1.82) is 0 Å². The van der Waals surface area contributed by atoms with Crippen LogP contribution in [0, 0.1) is 11.6 Å². The number of alkyl halides is 4. The molecule has 0 spiro atoms. The van der Waals surface area contributed by atoms with E-state index in [1.54, 1.807) is 0 Å². The van der Waals surface area contributed by atoms with Crippen molar-refractivity contribution in [3.63, 3.8) is 0 Å². The molecule has 3 aromatic heterocycles. The minimum atomic E-state index is -4.10. The number of fused-ring (bicyclic) bond motifs is 3. The molecular weight excluding hydrogens is 615 g/mol. The monoisotopic (exact) mass is 640 g/mol. The number of aromatic nitrogens is 4. The summed E-state index contributed by atoms with van der Waals surface area (Å²) in [5.41, 5.74) is 2.72. The van der Waals surface area contributed by atoms with Crippen LogP contribution in [0.4, 0.5) is 32.9 Å². The SMILES string of the molecule is Nc1nc2c(-c3ncc4c(N5CCNCC5)nc(OC[C@@]56CCCN5C[C@H](F)C6)nc4c3C(F)(F)Cl)c(F)cc(F)c2s1. The minimum Gasteiger partial charge on any atom is -0.461 e. The number of halogens is 6. The molecule has 0 aliphatic carbocycles. The highest BCUT2D eigenvalue weighted by molar-refractivity contribution is 7.22. The summed E-state index contributed by atoms with van der Waals surface area (Å²) in [4.78, 5) is 21.1. The van der Waals surface area contributed by atoms with Crippen molar-refractivity contribution >= 4 is 55.0 Å². The standard InChI is InChI=1S/C27H26ClF5N8OS/c28-27(32,33)18-19-14(10-36-20(18)17-15(30)8-16(31)22-21(17)37-24(34)43-22)23(40-6-3-35-4-7-40)39-25(38-19)42-12-26-2-1-5-41(26)11-13(29)9-26/h8,10,13,35H,1-7,9,11-12H2,(H2,34,37)/t13-,26+/m1/s1. The molecule has 43 heavy (non-hydrogen) atoms. The number of hydrogen-bond donors (Lipinski definition) is 2. The lowest BCUT2D eigenvalue weighted by molar-refractivity contribution is 0.0965. The normalized spacial score (nSPS) is 23.0. The van der Waals surface area contributed by atoms with Gasteiger partial charge in [0.25, 0.3) is 0 Å². The van der Waals surface area contributed by atoms with Crippen LogP contribution in [0.25, 0.3) is 32.4 Å². The number of ether oxygens (including phenoxy) is 1. The molecule has 1 aromatic carbocycles. The summed E-state index contributed by atoms with van der Waals surface area (Å²) in [5, 5.41) is -0.802. The first-order chi connectivity index (χ1) is 20.5. The fourth-order valence-electron chi connectivity index (χ4n) is 6.60. The molecule has 3 aliphatic heterocycles. The van der Waals surface area contributed by atoms with E-state index in [1.165, 1.54) is 6.20 Å². The van der Waals surface area contributed by atoms with Crippen molar-refractivity contribution in [3.8, 4) is 17.3 Å². The Morgan fingerprint density at radius 2 is 1.93 bits per heavy atom. The first-order valence-corrected chi connectivity index (χ1v) is 15.0. The lowest BCUT2D eigenvalue weighted by Gasteiger charge is -2.32. The van der Waals surface area contributed by atoms with Gasteiger partial charge in [-0.25, -0.2) is 18.2 Å². The molecule has 2 atom stereocenters. The van der Waals surface area contributed by atoms with Crippen molar-refractivity contribution < 1.29 is 26.7 Å². The average molecular weight is 641 g/mol. The third kappa shape index (κ3) is 4.89. The van der Waals surface area contributed by atoms with Crippen molar-refractivity contribution in [2.24, 2.45) is 0 Å². The second-order valence-corrected chi connectivity index (χ2v) is 12.6. The third-order valence-corrected chi connectivity index (χ3v) is 9.54. The van der Waals surface area contributed by atoms with E-state index in [0.29, 0.717) is 51.0 Å². The lowest BCUT2D eigenvalue weighted by Crippen LogP contribution is -2.44. The summed E-state index contributed by atoms with van der Waals surface area (Å²) in [7, 11) is 0. The van der Waals surface area contributed by atoms with Crippen LogP contribution >= 0.6 is 22.9 Å². The van der Waals surface area contributed by atoms with Crippen LogP contribution in [0.2, 0.25) is 0 Å². The van der Waals surface area contributed by atoms with Gasteiger partial charge in [0.2, 0.25) is 0 Å². The molecule has 0 unspecified atom stereocenters. The Balaban J connectivity index is 1.43. The van der Waals surface area contributed by atoms with E-state index in [4.69, 9.17) is 22.1 Å². The maximum absolute atomic E-state index is 15.4. The van der Waals surface area contributed by atoms with Gasteiger partial charge < -0.3 is 20.7 Å². The number of piperazine rings is 1. The zero-order chi connectivity index (χ0) is 30.1. The number of nitrogens with two attached hydrogens (primary N) is 1. The zero-order valence-corrected chi connectivity index (χ0v) is 24.2. The van der Waals surface area contributed by atoms with E-state index < -0.39 is 45.5 Å². The van der Waals surface area contributed by atoms with Crippen LogP contribution in [-0.4, -0.2) is 82.4 Å². The summed E-state index contributed by atoms with van der Waals surface area (Å²) >= 11 is 6.46. The predicted molar refractivity (Wildman–Crippen MR) is 154 cm³/mol. The molecule has 16 heteroatoms. The molecule has 0 amide bonds. The van der Waals surface area contributed by atoms with Crippen LogP contribution in [0.15, 0.2) is 12.3 Å². The van der Waals surface area contributed by atoms with E-state index in [2.05, 4.69) is 30.2 Å². The Bertz CT molecular complexity index is 1730. The molecule has 0 saturated carbocycles. The molecule has 0 bridgehead atoms. The van der Waals surface area contributed by atoms with E-state index in [1.807, 2.05) is 4.90 Å². The van der Waals surface area contributed by atoms with Crippen molar-refractivity contribution in [1.82, 2.24) is 30.2 Å². The summed E-state index contributed by atoms with van der Waals surface area (Å²) in [6.07, 6.45) is 2.18. The van der Waals surface area contributed by atoms with Gasteiger partial charge in [0.15, 0.2) is 5.13 Å². The van der Waals surface area contributed by atoms with E-state index in [9.17, 15) is 8.78 Å². The van der Waals surface area contributed by atoms with Gasteiger partial charge in [-0.3, -0.25) is 9.88 Å². The number of thiazole rings is 1. The molecule has 0 radical (unpaired) electrons. The van der Waals surface area contributed by atoms with Crippen LogP contribution in [0.5, 0.6) is 6.01 Å². The first-order valence-electron chi connectivity index (χ1n) is 13.8. The summed E-state index contributed by atoms with van der Waals surface area (Å²) in [5.74, 6) is -1.81. The number of benzene rings is 1. The maximum atomic E-state index is 15.4. The molecule has 228 valence electrons. The van der Waals surface area contributed by atoms with Crippen LogP contribution < -0.4 is 20.7 Å². The number of nitrogens with one attached hydrogen (secondary N) is 1. The number of anilines is 2. The maximum Gasteiger partial charge on any atom is 0.352 e. The van der Waals surface area contributed by atoms with Gasteiger partial charge in [0.1, 0.15) is 30.2 Å². The largest absolute Gasteiger partial charge is 0.461 e. The molecule has 7 rings (SSSR count). The molecular formula is C27H26ClF5N8OS. The molecule has 3 fully saturated rings. The summed E-state index contributed by atoms with van der Waals surface area (Å²) in [6, 6.07) is 0.371. The summed E-state index contributed by atoms with van der Waals surface area (Å²) in [6.45, 7) is 3.36. The average Bonchev–Trinajstić information content (AvgIpc) is 3.62. The smallest absolute Gasteiger partial charge is 0.352 e. The highest BCUT2D eigenvalue weighted by Crippen LogP contribution is 2.47. The number of rotatable bonds is 6. The predicted octanol–water partition coefficient (Wildman–Crippen LogP) is 4.81. The molecule has 9 nitrogen and oxygen atoms in total. The van der Waals surface area contributed by atoms with Crippen LogP contribution in [0.3, 0.4) is 0 Å². The van der Waals surface area contributed by atoms with Gasteiger partial charge in [-0.15, -0.1) is 0 Å². The van der Waals surface area contributed by atoms with Gasteiger partial charge >= 0.3 is 11.4 Å². The van der Waals surface area contributed by atoms with Crippen LogP contribution in [-0.2, 0) is 5.38 Å². The topological polar surface area (TPSA) is 105 Å². The lowest BCUT2D eigenvalue weighted by atomic mass is 9.95.